The summed E-state index contributed by atoms with van der Waals surface area (Å²) >= 11 is 6.16. The van der Waals surface area contributed by atoms with Crippen LogP contribution in [0.25, 0.3) is 0 Å². The van der Waals surface area contributed by atoms with Crippen LogP contribution in [0.4, 0.5) is 5.69 Å². The van der Waals surface area contributed by atoms with Crippen molar-refractivity contribution in [2.45, 2.75) is 37.0 Å². The Kier molecular flexibility index (Phi) is 3.88. The summed E-state index contributed by atoms with van der Waals surface area (Å²) in [6.45, 7) is 1.56. The number of aromatic nitrogens is 1. The van der Waals surface area contributed by atoms with Gasteiger partial charge in [0.2, 0.25) is 10.0 Å². The molecular formula is C13H18ClN3O2S. The summed E-state index contributed by atoms with van der Waals surface area (Å²) in [5.41, 5.74) is 0.928. The molecule has 2 heterocycles. The van der Waals surface area contributed by atoms with Gasteiger partial charge < -0.3 is 4.90 Å². The molecule has 5 nitrogen and oxygen atoms in total. The fraction of sp³-hybridized carbons (Fsp3) is 0.615. The zero-order valence-electron chi connectivity index (χ0n) is 11.1. The van der Waals surface area contributed by atoms with E-state index in [0.717, 1.165) is 37.9 Å². The summed E-state index contributed by atoms with van der Waals surface area (Å²) < 4.78 is 26.9. The van der Waals surface area contributed by atoms with E-state index in [1.54, 1.807) is 12.4 Å². The zero-order chi connectivity index (χ0) is 14.2. The third kappa shape index (κ3) is 3.07. The smallest absolute Gasteiger partial charge is 0.214 e. The Bertz CT molecular complexity index is 589. The molecule has 1 saturated carbocycles. The van der Waals surface area contributed by atoms with Gasteiger partial charge in [0.1, 0.15) is 0 Å². The minimum absolute atomic E-state index is 0.0291. The summed E-state index contributed by atoms with van der Waals surface area (Å²) in [7, 11) is -3.12. The largest absolute Gasteiger partial charge is 0.369 e. The van der Waals surface area contributed by atoms with Crippen molar-refractivity contribution in [3.8, 4) is 0 Å². The molecule has 0 radical (unpaired) electrons. The Morgan fingerprint density at radius 2 is 2.15 bits per heavy atom. The van der Waals surface area contributed by atoms with E-state index in [-0.39, 0.29) is 11.3 Å². The lowest BCUT2D eigenvalue weighted by atomic mass is 10.1. The molecule has 0 aromatic carbocycles. The fourth-order valence-electron chi connectivity index (χ4n) is 2.62. The topological polar surface area (TPSA) is 62.3 Å². The average molecular weight is 316 g/mol. The molecule has 20 heavy (non-hydrogen) atoms. The van der Waals surface area contributed by atoms with E-state index in [1.807, 2.05) is 6.07 Å². The van der Waals surface area contributed by atoms with Crippen LogP contribution in [0.3, 0.4) is 0 Å². The van der Waals surface area contributed by atoms with E-state index in [9.17, 15) is 8.42 Å². The third-order valence-electron chi connectivity index (χ3n) is 3.81. The van der Waals surface area contributed by atoms with Crippen LogP contribution in [0.2, 0.25) is 5.02 Å². The Labute approximate surface area is 124 Å². The lowest BCUT2D eigenvalue weighted by molar-refractivity contribution is 0.465. The minimum atomic E-state index is -3.12. The maximum atomic E-state index is 12.0. The number of halogens is 1. The molecule has 3 rings (SSSR count). The van der Waals surface area contributed by atoms with Crippen LogP contribution in [0, 0.1) is 0 Å². The highest BCUT2D eigenvalue weighted by Gasteiger charge is 2.37. The molecule has 1 saturated heterocycles. The molecule has 1 aromatic heterocycles. The standard InChI is InChI=1S/C13H18ClN3O2S/c14-12-8-15-6-5-13(12)17-7-1-2-10(9-17)16-20(18,19)11-3-4-11/h5-6,8,10-11,16H,1-4,7,9H2. The zero-order valence-corrected chi connectivity index (χ0v) is 12.7. The van der Waals surface area contributed by atoms with Crippen molar-refractivity contribution >= 4 is 27.3 Å². The Balaban J connectivity index is 1.69. The molecule has 1 unspecified atom stereocenters. The van der Waals surface area contributed by atoms with Crippen LogP contribution < -0.4 is 9.62 Å². The molecule has 0 bridgehead atoms. The van der Waals surface area contributed by atoms with Gasteiger partial charge in [0.25, 0.3) is 0 Å². The van der Waals surface area contributed by atoms with Crippen molar-refractivity contribution in [1.82, 2.24) is 9.71 Å². The highest BCUT2D eigenvalue weighted by molar-refractivity contribution is 7.90. The first kappa shape index (κ1) is 14.1. The number of nitrogens with zero attached hydrogens (tertiary/aromatic N) is 2. The second-order valence-electron chi connectivity index (χ2n) is 5.47. The van der Waals surface area contributed by atoms with Crippen LogP contribution in [-0.4, -0.2) is 37.8 Å². The van der Waals surface area contributed by atoms with Crippen molar-refractivity contribution in [2.75, 3.05) is 18.0 Å². The van der Waals surface area contributed by atoms with Crippen LogP contribution >= 0.6 is 11.6 Å². The van der Waals surface area contributed by atoms with Gasteiger partial charge >= 0.3 is 0 Å². The summed E-state index contributed by atoms with van der Waals surface area (Å²) in [6.07, 6.45) is 6.75. The third-order valence-corrected chi connectivity index (χ3v) is 6.11. The van der Waals surface area contributed by atoms with Crippen LogP contribution in [0.1, 0.15) is 25.7 Å². The van der Waals surface area contributed by atoms with Gasteiger partial charge in [0.15, 0.2) is 0 Å². The monoisotopic (exact) mass is 315 g/mol. The maximum absolute atomic E-state index is 12.0. The molecule has 0 amide bonds. The number of rotatable bonds is 4. The van der Waals surface area contributed by atoms with Crippen LogP contribution in [-0.2, 0) is 10.0 Å². The van der Waals surface area contributed by atoms with Crippen molar-refractivity contribution in [3.63, 3.8) is 0 Å². The Morgan fingerprint density at radius 1 is 1.35 bits per heavy atom. The van der Waals surface area contributed by atoms with E-state index in [4.69, 9.17) is 11.6 Å². The lowest BCUT2D eigenvalue weighted by Crippen LogP contribution is -2.48. The number of hydrogen-bond acceptors (Lipinski definition) is 4. The lowest BCUT2D eigenvalue weighted by Gasteiger charge is -2.35. The summed E-state index contributed by atoms with van der Waals surface area (Å²) in [5, 5.41) is 0.445. The van der Waals surface area contributed by atoms with Gasteiger partial charge in [0.05, 0.1) is 16.0 Å². The molecule has 110 valence electrons. The Hall–Kier alpha value is -0.850. The number of nitrogens with one attached hydrogen (secondary N) is 1. The molecule has 7 heteroatoms. The highest BCUT2D eigenvalue weighted by Crippen LogP contribution is 2.30. The van der Waals surface area contributed by atoms with Crippen molar-refractivity contribution < 1.29 is 8.42 Å². The molecular weight excluding hydrogens is 298 g/mol. The normalized spacial score (nSPS) is 23.9. The average Bonchev–Trinajstić information content (AvgIpc) is 3.23. The predicted molar refractivity (Wildman–Crippen MR) is 79.6 cm³/mol. The van der Waals surface area contributed by atoms with Gasteiger partial charge in [-0.05, 0) is 31.7 Å². The number of sulfonamides is 1. The summed E-state index contributed by atoms with van der Waals surface area (Å²) in [4.78, 5) is 6.11. The SMILES string of the molecule is O=S(=O)(NC1CCCN(c2ccncc2Cl)C1)C1CC1. The van der Waals surface area contributed by atoms with Gasteiger partial charge in [-0.2, -0.15) is 0 Å². The predicted octanol–water partition coefficient (Wildman–Crippen LogP) is 1.79. The quantitative estimate of drug-likeness (QED) is 0.920. The first-order valence-corrected chi connectivity index (χ1v) is 8.84. The van der Waals surface area contributed by atoms with Gasteiger partial charge in [0, 0.05) is 31.5 Å². The number of pyridine rings is 1. The van der Waals surface area contributed by atoms with E-state index >= 15 is 0 Å². The van der Waals surface area contributed by atoms with Gasteiger partial charge in [-0.25, -0.2) is 13.1 Å². The summed E-state index contributed by atoms with van der Waals surface area (Å²) in [5.74, 6) is 0. The molecule has 1 aromatic rings. The van der Waals surface area contributed by atoms with Gasteiger partial charge in [-0.1, -0.05) is 11.6 Å². The summed E-state index contributed by atoms with van der Waals surface area (Å²) in [6, 6.07) is 1.85. The number of piperidine rings is 1. The molecule has 1 aliphatic carbocycles. The van der Waals surface area contributed by atoms with Crippen molar-refractivity contribution in [3.05, 3.63) is 23.5 Å². The molecule has 1 atom stereocenters. The first-order chi connectivity index (χ1) is 9.56. The maximum Gasteiger partial charge on any atom is 0.214 e. The van der Waals surface area contributed by atoms with Crippen LogP contribution in [0.15, 0.2) is 18.5 Å². The first-order valence-electron chi connectivity index (χ1n) is 6.92. The van der Waals surface area contributed by atoms with E-state index in [0.29, 0.717) is 11.6 Å². The van der Waals surface area contributed by atoms with Gasteiger partial charge in [-0.15, -0.1) is 0 Å². The van der Waals surface area contributed by atoms with E-state index in [1.165, 1.54) is 0 Å². The molecule has 1 N–H and O–H groups in total. The number of hydrogen-bond donors (Lipinski definition) is 1. The molecule has 2 aliphatic rings. The molecule has 2 fully saturated rings. The van der Waals surface area contributed by atoms with Crippen molar-refractivity contribution in [2.24, 2.45) is 0 Å². The Morgan fingerprint density at radius 3 is 2.85 bits per heavy atom. The fourth-order valence-corrected chi connectivity index (χ4v) is 4.47. The molecule has 1 aliphatic heterocycles. The van der Waals surface area contributed by atoms with E-state index in [2.05, 4.69) is 14.6 Å². The second-order valence-corrected chi connectivity index (χ2v) is 7.87. The van der Waals surface area contributed by atoms with Gasteiger partial charge in [-0.3, -0.25) is 4.98 Å². The van der Waals surface area contributed by atoms with Crippen molar-refractivity contribution in [1.29, 1.82) is 0 Å². The second kappa shape index (κ2) is 5.50. The van der Waals surface area contributed by atoms with Crippen LogP contribution in [0.5, 0.6) is 0 Å². The minimum Gasteiger partial charge on any atom is -0.369 e. The number of anilines is 1. The highest BCUT2D eigenvalue weighted by atomic mass is 35.5. The molecule has 0 spiro atoms. The van der Waals surface area contributed by atoms with E-state index < -0.39 is 10.0 Å².